The lowest BCUT2D eigenvalue weighted by Crippen LogP contribution is -2.23. The molecule has 0 bridgehead atoms. The Morgan fingerprint density at radius 3 is 2.57 bits per heavy atom. The molecular formula is C17H30N2O2. The van der Waals surface area contributed by atoms with Gasteiger partial charge in [0.05, 0.1) is 17.9 Å². The maximum Gasteiger partial charge on any atom is 0.142 e. The Labute approximate surface area is 129 Å². The molecule has 0 amide bonds. The maximum absolute atomic E-state index is 6.27. The van der Waals surface area contributed by atoms with Gasteiger partial charge in [-0.05, 0) is 47.2 Å². The van der Waals surface area contributed by atoms with E-state index in [-0.39, 0.29) is 12.2 Å². The van der Waals surface area contributed by atoms with Crippen LogP contribution in [0.4, 0.5) is 0 Å². The Hall–Kier alpha value is -1.16. The summed E-state index contributed by atoms with van der Waals surface area (Å²) in [6, 6.07) is 0. The Morgan fingerprint density at radius 1 is 1.29 bits per heavy atom. The highest BCUT2D eigenvalue weighted by Gasteiger charge is 2.47. The van der Waals surface area contributed by atoms with Gasteiger partial charge in [0, 0.05) is 24.5 Å². The quantitative estimate of drug-likeness (QED) is 0.748. The average molecular weight is 294 g/mol. The number of nitrogens with zero attached hydrogens (tertiary/aromatic N) is 1. The summed E-state index contributed by atoms with van der Waals surface area (Å²) >= 11 is 0. The summed E-state index contributed by atoms with van der Waals surface area (Å²) in [7, 11) is 4.20. The van der Waals surface area contributed by atoms with E-state index in [1.807, 2.05) is 19.9 Å². The minimum absolute atomic E-state index is 0.141. The third-order valence-corrected chi connectivity index (χ3v) is 4.13. The summed E-state index contributed by atoms with van der Waals surface area (Å²) in [5.41, 5.74) is 7.09. The lowest BCUT2D eigenvalue weighted by Gasteiger charge is -2.25. The molecule has 1 saturated carbocycles. The molecule has 2 N–H and O–H groups in total. The number of allylic oxidation sites excluding steroid dienone is 3. The molecule has 0 radical (unpaired) electrons. The van der Waals surface area contributed by atoms with E-state index >= 15 is 0 Å². The summed E-state index contributed by atoms with van der Waals surface area (Å²) in [6.45, 7) is 7.29. The van der Waals surface area contributed by atoms with Crippen LogP contribution in [0, 0.1) is 11.8 Å². The Morgan fingerprint density at radius 2 is 2.00 bits per heavy atom. The third-order valence-electron chi connectivity index (χ3n) is 4.13. The molecule has 0 aromatic rings. The van der Waals surface area contributed by atoms with E-state index in [2.05, 4.69) is 25.9 Å². The van der Waals surface area contributed by atoms with Crippen LogP contribution in [0.2, 0.25) is 0 Å². The SMILES string of the molecule is CCC(CCN(C)C)OC1=CC(OC(C)C)=C(N)C2CC12. The first-order chi connectivity index (χ1) is 9.92. The van der Waals surface area contributed by atoms with Gasteiger partial charge in [-0.1, -0.05) is 6.92 Å². The zero-order chi connectivity index (χ0) is 15.6. The topological polar surface area (TPSA) is 47.7 Å². The fourth-order valence-corrected chi connectivity index (χ4v) is 2.77. The van der Waals surface area contributed by atoms with Crippen molar-refractivity contribution in [3.8, 4) is 0 Å². The molecule has 2 aliphatic carbocycles. The van der Waals surface area contributed by atoms with Gasteiger partial charge >= 0.3 is 0 Å². The standard InChI is InChI=1S/C17H30N2O2/c1-6-12(7-8-19(4)5)21-15-10-16(20-11(2)3)17(18)14-9-13(14)15/h10-14H,6-9,18H2,1-5H3. The second-order valence-electron chi connectivity index (χ2n) is 6.72. The molecule has 4 nitrogen and oxygen atoms in total. The zero-order valence-electron chi connectivity index (χ0n) is 14.1. The molecule has 0 aromatic heterocycles. The van der Waals surface area contributed by atoms with Crippen LogP contribution >= 0.6 is 0 Å². The number of ether oxygens (including phenoxy) is 2. The normalized spacial score (nSPS) is 25.8. The first kappa shape index (κ1) is 16.2. The second-order valence-corrected chi connectivity index (χ2v) is 6.72. The van der Waals surface area contributed by atoms with E-state index < -0.39 is 0 Å². The second kappa shape index (κ2) is 6.73. The molecule has 0 aromatic carbocycles. The largest absolute Gasteiger partial charge is 0.494 e. The van der Waals surface area contributed by atoms with Crippen LogP contribution in [-0.2, 0) is 9.47 Å². The molecule has 2 rings (SSSR count). The number of rotatable bonds is 8. The minimum Gasteiger partial charge on any atom is -0.494 e. The van der Waals surface area contributed by atoms with Gasteiger partial charge in [0.25, 0.3) is 0 Å². The van der Waals surface area contributed by atoms with E-state index in [4.69, 9.17) is 15.2 Å². The molecule has 0 spiro atoms. The van der Waals surface area contributed by atoms with Crippen molar-refractivity contribution in [3.63, 3.8) is 0 Å². The van der Waals surface area contributed by atoms with Crippen LogP contribution in [0.3, 0.4) is 0 Å². The van der Waals surface area contributed by atoms with Gasteiger partial charge in [0.2, 0.25) is 0 Å². The summed E-state index contributed by atoms with van der Waals surface area (Å²) in [4.78, 5) is 2.20. The number of hydrogen-bond donors (Lipinski definition) is 1. The predicted molar refractivity (Wildman–Crippen MR) is 85.4 cm³/mol. The van der Waals surface area contributed by atoms with Crippen LogP contribution in [0.5, 0.6) is 0 Å². The Bertz CT molecular complexity index is 427. The van der Waals surface area contributed by atoms with E-state index in [1.54, 1.807) is 0 Å². The third kappa shape index (κ3) is 4.16. The molecule has 0 heterocycles. The summed E-state index contributed by atoms with van der Waals surface area (Å²) in [5, 5.41) is 0. The highest BCUT2D eigenvalue weighted by Crippen LogP contribution is 2.52. The van der Waals surface area contributed by atoms with Crippen molar-refractivity contribution in [2.75, 3.05) is 20.6 Å². The predicted octanol–water partition coefficient (Wildman–Crippen LogP) is 2.86. The van der Waals surface area contributed by atoms with Crippen LogP contribution in [0.25, 0.3) is 0 Å². The molecule has 1 fully saturated rings. The van der Waals surface area contributed by atoms with Crippen molar-refractivity contribution in [2.24, 2.45) is 17.6 Å². The molecule has 0 saturated heterocycles. The van der Waals surface area contributed by atoms with Gasteiger partial charge in [-0.2, -0.15) is 0 Å². The van der Waals surface area contributed by atoms with Gasteiger partial charge in [-0.3, -0.25) is 0 Å². The van der Waals surface area contributed by atoms with E-state index in [9.17, 15) is 0 Å². The highest BCUT2D eigenvalue weighted by molar-refractivity contribution is 5.36. The summed E-state index contributed by atoms with van der Waals surface area (Å²) < 4.78 is 12.1. The lowest BCUT2D eigenvalue weighted by molar-refractivity contribution is 0.0815. The lowest BCUT2D eigenvalue weighted by atomic mass is 10.1. The smallest absolute Gasteiger partial charge is 0.142 e. The van der Waals surface area contributed by atoms with Crippen molar-refractivity contribution in [2.45, 2.75) is 52.2 Å². The molecule has 4 heteroatoms. The van der Waals surface area contributed by atoms with Crippen molar-refractivity contribution < 1.29 is 9.47 Å². The molecule has 3 unspecified atom stereocenters. The molecule has 120 valence electrons. The van der Waals surface area contributed by atoms with E-state index in [0.29, 0.717) is 11.8 Å². The van der Waals surface area contributed by atoms with Crippen LogP contribution in [0.15, 0.2) is 23.3 Å². The van der Waals surface area contributed by atoms with Crippen LogP contribution in [0.1, 0.15) is 40.0 Å². The number of hydrogen-bond acceptors (Lipinski definition) is 4. The van der Waals surface area contributed by atoms with Crippen LogP contribution < -0.4 is 5.73 Å². The molecular weight excluding hydrogens is 264 g/mol. The van der Waals surface area contributed by atoms with E-state index in [1.165, 1.54) is 0 Å². The molecule has 21 heavy (non-hydrogen) atoms. The monoisotopic (exact) mass is 294 g/mol. The van der Waals surface area contributed by atoms with E-state index in [0.717, 1.165) is 43.0 Å². The first-order valence-corrected chi connectivity index (χ1v) is 8.11. The maximum atomic E-state index is 6.27. The van der Waals surface area contributed by atoms with Gasteiger partial charge in [0.1, 0.15) is 11.5 Å². The fourth-order valence-electron chi connectivity index (χ4n) is 2.77. The minimum atomic E-state index is 0.141. The Kier molecular flexibility index (Phi) is 5.20. The number of fused-ring (bicyclic) bond motifs is 1. The summed E-state index contributed by atoms with van der Waals surface area (Å²) in [5.74, 6) is 2.82. The Balaban J connectivity index is 2.01. The molecule has 0 aliphatic heterocycles. The average Bonchev–Trinajstić information content (AvgIpc) is 3.19. The van der Waals surface area contributed by atoms with Crippen molar-refractivity contribution >= 4 is 0 Å². The molecule has 3 atom stereocenters. The molecule has 2 aliphatic rings. The van der Waals surface area contributed by atoms with Gasteiger partial charge in [-0.25, -0.2) is 0 Å². The zero-order valence-corrected chi connectivity index (χ0v) is 14.1. The number of nitrogens with two attached hydrogens (primary N) is 1. The van der Waals surface area contributed by atoms with Crippen LogP contribution in [-0.4, -0.2) is 37.7 Å². The highest BCUT2D eigenvalue weighted by atomic mass is 16.5. The summed E-state index contributed by atoms with van der Waals surface area (Å²) in [6.07, 6.45) is 5.63. The van der Waals surface area contributed by atoms with Crippen molar-refractivity contribution in [3.05, 3.63) is 23.3 Å². The van der Waals surface area contributed by atoms with Gasteiger partial charge < -0.3 is 20.1 Å². The van der Waals surface area contributed by atoms with Crippen molar-refractivity contribution in [1.82, 2.24) is 4.90 Å². The first-order valence-electron chi connectivity index (χ1n) is 8.11. The van der Waals surface area contributed by atoms with Crippen molar-refractivity contribution in [1.29, 1.82) is 0 Å². The fraction of sp³-hybridized carbons (Fsp3) is 0.765. The van der Waals surface area contributed by atoms with Gasteiger partial charge in [-0.15, -0.1) is 0 Å². The van der Waals surface area contributed by atoms with Gasteiger partial charge in [0.15, 0.2) is 0 Å².